The van der Waals surface area contributed by atoms with Crippen LogP contribution in [-0.4, -0.2) is 15.0 Å². The van der Waals surface area contributed by atoms with E-state index in [-0.39, 0.29) is 5.41 Å². The fourth-order valence-corrected chi connectivity index (χ4v) is 4.23. The summed E-state index contributed by atoms with van der Waals surface area (Å²) in [5.74, 6) is 0. The molecule has 0 bridgehead atoms. The maximum atomic E-state index is 4.17. The van der Waals surface area contributed by atoms with Gasteiger partial charge in [0.15, 0.2) is 0 Å². The van der Waals surface area contributed by atoms with E-state index in [2.05, 4.69) is 79.0 Å². The van der Waals surface area contributed by atoms with E-state index in [9.17, 15) is 0 Å². The third-order valence-electron chi connectivity index (χ3n) is 5.89. The largest absolute Gasteiger partial charge is 0.261 e. The first-order valence-corrected chi connectivity index (χ1v) is 11.5. The van der Waals surface area contributed by atoms with Crippen molar-refractivity contribution in [1.29, 1.82) is 0 Å². The fourth-order valence-electron chi connectivity index (χ4n) is 4.23. The lowest BCUT2D eigenvalue weighted by Crippen LogP contribution is -2.15. The minimum absolute atomic E-state index is 0.142. The summed E-state index contributed by atoms with van der Waals surface area (Å²) in [7, 11) is 0. The van der Waals surface area contributed by atoms with Crippen LogP contribution in [0, 0.1) is 41.5 Å². The van der Waals surface area contributed by atoms with Crippen molar-refractivity contribution in [2.24, 2.45) is 0 Å². The molecule has 0 atom stereocenters. The Labute approximate surface area is 199 Å². The van der Waals surface area contributed by atoms with Crippen LogP contribution in [0.15, 0.2) is 67.0 Å². The van der Waals surface area contributed by atoms with Gasteiger partial charge in [-0.15, -0.1) is 0 Å². The lowest BCUT2D eigenvalue weighted by molar-refractivity contribution is 0.659. The molecule has 0 fully saturated rings. The summed E-state index contributed by atoms with van der Waals surface area (Å²) < 4.78 is 0. The maximum absolute atomic E-state index is 4.17. The molecule has 3 nitrogen and oxygen atoms in total. The molecule has 0 spiro atoms. The zero-order valence-electron chi connectivity index (χ0n) is 21.2. The monoisotopic (exact) mass is 437 g/mol. The summed E-state index contributed by atoms with van der Waals surface area (Å²) in [6, 6.07) is 19.6. The van der Waals surface area contributed by atoms with Crippen LogP contribution in [0.3, 0.4) is 0 Å². The highest BCUT2D eigenvalue weighted by Gasteiger charge is 2.35. The van der Waals surface area contributed by atoms with Crippen molar-refractivity contribution in [1.82, 2.24) is 15.0 Å². The van der Waals surface area contributed by atoms with Crippen molar-refractivity contribution < 1.29 is 0 Å². The Kier molecular flexibility index (Phi) is 7.43. The Bertz CT molecular complexity index is 1120. The summed E-state index contributed by atoms with van der Waals surface area (Å²) >= 11 is 0. The van der Waals surface area contributed by atoms with Crippen molar-refractivity contribution >= 4 is 0 Å². The van der Waals surface area contributed by atoms with Gasteiger partial charge in [-0.3, -0.25) is 15.0 Å². The van der Waals surface area contributed by atoms with E-state index in [1.165, 1.54) is 33.4 Å². The predicted octanol–water partition coefficient (Wildman–Crippen LogP) is 7.40. The van der Waals surface area contributed by atoms with E-state index >= 15 is 0 Å². The molecule has 4 aromatic rings. The van der Waals surface area contributed by atoms with Crippen LogP contribution in [0.5, 0.6) is 0 Å². The summed E-state index contributed by atoms with van der Waals surface area (Å²) in [5.41, 5.74) is 12.7. The molecule has 2 heterocycles. The maximum Gasteiger partial charge on any atom is 0.0558 e. The van der Waals surface area contributed by atoms with Crippen LogP contribution in [-0.2, 0) is 5.41 Å². The first-order valence-electron chi connectivity index (χ1n) is 11.5. The minimum atomic E-state index is 0.142. The Balaban J connectivity index is 0.000000160. The van der Waals surface area contributed by atoms with E-state index in [0.717, 1.165) is 22.8 Å². The zero-order chi connectivity index (χ0) is 24.2. The normalized spacial score (nSPS) is 12.5. The standard InChI is InChI=1S/C17H18.C7H9N.C6H8N2/c1-11-5-7-13-14-8-6-12(2)10-16(14)17(3,4)15(13)9-11;1-6-4-3-5-7(2)8-6;1-5-3-7-4-6(2)8-5/h5-10H,1-4H3;3-5H,1-2H3;3-4H,1-2H3. The van der Waals surface area contributed by atoms with Gasteiger partial charge in [0.1, 0.15) is 0 Å². The average Bonchev–Trinajstić information content (AvgIpc) is 2.95. The van der Waals surface area contributed by atoms with Crippen molar-refractivity contribution in [2.45, 2.75) is 60.8 Å². The average molecular weight is 438 g/mol. The molecular formula is C30H35N3. The van der Waals surface area contributed by atoms with Gasteiger partial charge in [0.25, 0.3) is 0 Å². The molecule has 1 aliphatic carbocycles. The van der Waals surface area contributed by atoms with Gasteiger partial charge in [-0.2, -0.15) is 0 Å². The second kappa shape index (κ2) is 10.1. The van der Waals surface area contributed by atoms with Crippen LogP contribution in [0.1, 0.15) is 58.9 Å². The highest BCUT2D eigenvalue weighted by Crippen LogP contribution is 2.48. The van der Waals surface area contributed by atoms with Crippen LogP contribution in [0.25, 0.3) is 11.1 Å². The van der Waals surface area contributed by atoms with Gasteiger partial charge < -0.3 is 0 Å². The van der Waals surface area contributed by atoms with Gasteiger partial charge in [0.05, 0.1) is 11.4 Å². The second-order valence-electron chi connectivity index (χ2n) is 9.45. The number of rotatable bonds is 0. The van der Waals surface area contributed by atoms with Crippen LogP contribution in [0.2, 0.25) is 0 Å². The molecule has 0 radical (unpaired) electrons. The second-order valence-corrected chi connectivity index (χ2v) is 9.45. The van der Waals surface area contributed by atoms with Gasteiger partial charge >= 0.3 is 0 Å². The van der Waals surface area contributed by atoms with E-state index in [1.807, 2.05) is 45.9 Å². The van der Waals surface area contributed by atoms with Gasteiger partial charge in [-0.1, -0.05) is 67.4 Å². The van der Waals surface area contributed by atoms with Crippen molar-refractivity contribution in [3.8, 4) is 11.1 Å². The Hall–Kier alpha value is -3.33. The lowest BCUT2D eigenvalue weighted by Gasteiger charge is -2.22. The molecule has 0 unspecified atom stereocenters. The van der Waals surface area contributed by atoms with E-state index in [1.54, 1.807) is 12.4 Å². The van der Waals surface area contributed by atoms with Gasteiger partial charge in [0.2, 0.25) is 0 Å². The molecule has 0 saturated carbocycles. The minimum Gasteiger partial charge on any atom is -0.261 e. The van der Waals surface area contributed by atoms with Crippen LogP contribution in [0.4, 0.5) is 0 Å². The number of benzene rings is 2. The smallest absolute Gasteiger partial charge is 0.0558 e. The summed E-state index contributed by atoms with van der Waals surface area (Å²) in [5, 5.41) is 0. The first-order chi connectivity index (χ1) is 15.6. The van der Waals surface area contributed by atoms with Crippen molar-refractivity contribution in [2.75, 3.05) is 0 Å². The number of aryl methyl sites for hydroxylation is 6. The third-order valence-corrected chi connectivity index (χ3v) is 5.89. The molecule has 2 aromatic heterocycles. The first kappa shape index (κ1) is 24.3. The van der Waals surface area contributed by atoms with Gasteiger partial charge in [0, 0.05) is 29.2 Å². The molecule has 0 saturated heterocycles. The van der Waals surface area contributed by atoms with Gasteiger partial charge in [-0.05, 0) is 75.9 Å². The highest BCUT2D eigenvalue weighted by molar-refractivity contribution is 5.81. The quantitative estimate of drug-likeness (QED) is 0.288. The molecule has 1 aliphatic rings. The SMILES string of the molecule is Cc1ccc2c(c1)C(C)(C)c1cc(C)ccc1-2.Cc1cccc(C)n1.Cc1cncc(C)n1. The summed E-state index contributed by atoms with van der Waals surface area (Å²) in [4.78, 5) is 12.2. The molecular weight excluding hydrogens is 402 g/mol. The van der Waals surface area contributed by atoms with Crippen LogP contribution < -0.4 is 0 Å². The summed E-state index contributed by atoms with van der Waals surface area (Å²) in [6.45, 7) is 16.8. The van der Waals surface area contributed by atoms with Crippen molar-refractivity contribution in [3.05, 3.63) is 112 Å². The molecule has 0 aliphatic heterocycles. The molecule has 3 heteroatoms. The Morgan fingerprint density at radius 1 is 0.545 bits per heavy atom. The van der Waals surface area contributed by atoms with E-state index < -0.39 is 0 Å². The Morgan fingerprint density at radius 3 is 1.30 bits per heavy atom. The molecule has 170 valence electrons. The number of pyridine rings is 1. The molecule has 2 aromatic carbocycles. The lowest BCUT2D eigenvalue weighted by atomic mass is 9.81. The van der Waals surface area contributed by atoms with Gasteiger partial charge in [-0.25, -0.2) is 0 Å². The summed E-state index contributed by atoms with van der Waals surface area (Å²) in [6.07, 6.45) is 3.49. The number of hydrogen-bond acceptors (Lipinski definition) is 3. The zero-order valence-corrected chi connectivity index (χ0v) is 21.2. The number of aromatic nitrogens is 3. The van der Waals surface area contributed by atoms with E-state index in [0.29, 0.717) is 0 Å². The van der Waals surface area contributed by atoms with Crippen LogP contribution >= 0.6 is 0 Å². The Morgan fingerprint density at radius 2 is 0.970 bits per heavy atom. The third kappa shape index (κ3) is 5.92. The fraction of sp³-hybridized carbons (Fsp3) is 0.300. The highest BCUT2D eigenvalue weighted by atomic mass is 14.8. The van der Waals surface area contributed by atoms with Crippen molar-refractivity contribution in [3.63, 3.8) is 0 Å². The topological polar surface area (TPSA) is 38.7 Å². The number of hydrogen-bond donors (Lipinski definition) is 0. The molecule has 5 rings (SSSR count). The predicted molar refractivity (Wildman–Crippen MR) is 139 cm³/mol. The molecule has 0 N–H and O–H groups in total. The number of nitrogens with zero attached hydrogens (tertiary/aromatic N) is 3. The van der Waals surface area contributed by atoms with E-state index in [4.69, 9.17) is 0 Å². The molecule has 33 heavy (non-hydrogen) atoms. The number of fused-ring (bicyclic) bond motifs is 3. The molecule has 0 amide bonds.